The van der Waals surface area contributed by atoms with Gasteiger partial charge in [0.15, 0.2) is 0 Å². The summed E-state index contributed by atoms with van der Waals surface area (Å²) in [6.45, 7) is 2.51. The average Bonchev–Trinajstić information content (AvgIpc) is 2.10. The number of hydroxylamine groups is 2. The van der Waals surface area contributed by atoms with Gasteiger partial charge in [-0.3, -0.25) is 0 Å². The van der Waals surface area contributed by atoms with Gasteiger partial charge in [0.05, 0.1) is 11.6 Å². The molecule has 0 fully saturated rings. The van der Waals surface area contributed by atoms with Crippen LogP contribution in [0.2, 0.25) is 5.02 Å². The zero-order valence-corrected chi connectivity index (χ0v) is 8.04. The van der Waals surface area contributed by atoms with Gasteiger partial charge >= 0.3 is 0 Å². The smallest absolute Gasteiger partial charge is 0.0580 e. The molecule has 1 N–H and O–H groups in total. The van der Waals surface area contributed by atoms with E-state index in [4.69, 9.17) is 16.8 Å². The molecule has 0 aromatic carbocycles. The number of thiophene rings is 1. The summed E-state index contributed by atoms with van der Waals surface area (Å²) in [5, 5.41) is 10.8. The third-order valence-electron chi connectivity index (χ3n) is 1.29. The molecule has 0 saturated carbocycles. The van der Waals surface area contributed by atoms with Gasteiger partial charge in [-0.25, -0.2) is 0 Å². The predicted molar refractivity (Wildman–Crippen MR) is 47.3 cm³/mol. The van der Waals surface area contributed by atoms with E-state index in [1.54, 1.807) is 18.4 Å². The lowest BCUT2D eigenvalue weighted by Gasteiger charge is -2.03. The third kappa shape index (κ3) is 2.45. The summed E-state index contributed by atoms with van der Waals surface area (Å²) in [6.07, 6.45) is 0. The van der Waals surface area contributed by atoms with Crippen molar-refractivity contribution in [1.29, 1.82) is 0 Å². The van der Waals surface area contributed by atoms with Crippen LogP contribution in [-0.4, -0.2) is 17.3 Å². The van der Waals surface area contributed by atoms with Crippen molar-refractivity contribution in [2.75, 3.05) is 7.05 Å². The Morgan fingerprint density at radius 3 is 2.73 bits per heavy atom. The number of hydrogen-bond donors (Lipinski definition) is 1. The lowest BCUT2D eigenvalue weighted by molar-refractivity contribution is -0.0723. The fourth-order valence-corrected chi connectivity index (χ4v) is 2.11. The van der Waals surface area contributed by atoms with E-state index in [0.717, 1.165) is 19.8 Å². The minimum absolute atomic E-state index is 0.540. The summed E-state index contributed by atoms with van der Waals surface area (Å²) in [5.74, 6) is 0. The second-order valence-corrected chi connectivity index (χ2v) is 4.18. The van der Waals surface area contributed by atoms with Gasteiger partial charge in [-0.2, -0.15) is 5.06 Å². The highest BCUT2D eigenvalue weighted by molar-refractivity contribution is 7.12. The Kier molecular flexibility index (Phi) is 2.90. The highest BCUT2D eigenvalue weighted by Gasteiger charge is 2.03. The molecule has 0 spiro atoms. The van der Waals surface area contributed by atoms with Crippen molar-refractivity contribution in [3.05, 3.63) is 20.8 Å². The summed E-state index contributed by atoms with van der Waals surface area (Å²) >= 11 is 7.43. The molecule has 1 heterocycles. The minimum atomic E-state index is 0.540. The van der Waals surface area contributed by atoms with Gasteiger partial charge in [-0.1, -0.05) is 11.6 Å². The molecule has 0 radical (unpaired) electrons. The van der Waals surface area contributed by atoms with E-state index >= 15 is 0 Å². The van der Waals surface area contributed by atoms with Crippen molar-refractivity contribution in [2.24, 2.45) is 0 Å². The fourth-order valence-electron chi connectivity index (χ4n) is 0.821. The maximum Gasteiger partial charge on any atom is 0.0580 e. The van der Waals surface area contributed by atoms with E-state index in [2.05, 4.69) is 0 Å². The highest BCUT2D eigenvalue weighted by atomic mass is 35.5. The van der Waals surface area contributed by atoms with Crippen LogP contribution in [0.25, 0.3) is 0 Å². The third-order valence-corrected chi connectivity index (χ3v) is 2.83. The van der Waals surface area contributed by atoms with Crippen LogP contribution >= 0.6 is 22.9 Å². The van der Waals surface area contributed by atoms with Crippen molar-refractivity contribution in [2.45, 2.75) is 13.5 Å². The Morgan fingerprint density at radius 2 is 2.36 bits per heavy atom. The van der Waals surface area contributed by atoms with Crippen molar-refractivity contribution in [3.63, 3.8) is 0 Å². The molecule has 0 amide bonds. The van der Waals surface area contributed by atoms with Crippen LogP contribution in [-0.2, 0) is 6.54 Å². The number of rotatable bonds is 2. The largest absolute Gasteiger partial charge is 0.314 e. The van der Waals surface area contributed by atoms with Crippen LogP contribution < -0.4 is 0 Å². The zero-order chi connectivity index (χ0) is 8.43. The molecule has 1 aromatic heterocycles. The van der Waals surface area contributed by atoms with Crippen LogP contribution in [0, 0.1) is 6.92 Å². The Balaban J connectivity index is 2.73. The van der Waals surface area contributed by atoms with Gasteiger partial charge in [-0.15, -0.1) is 11.3 Å². The lowest BCUT2D eigenvalue weighted by atomic mass is 10.4. The summed E-state index contributed by atoms with van der Waals surface area (Å²) in [6, 6.07) is 1.88. The minimum Gasteiger partial charge on any atom is -0.314 e. The second kappa shape index (κ2) is 3.54. The molecule has 0 aliphatic rings. The Hall–Kier alpha value is -0.0900. The topological polar surface area (TPSA) is 23.5 Å². The SMILES string of the molecule is Cc1sc(CN(C)O)cc1Cl. The quantitative estimate of drug-likeness (QED) is 0.727. The van der Waals surface area contributed by atoms with E-state index in [0.29, 0.717) is 6.54 Å². The van der Waals surface area contributed by atoms with E-state index in [9.17, 15) is 0 Å². The molecule has 0 unspecified atom stereocenters. The van der Waals surface area contributed by atoms with Crippen molar-refractivity contribution in [3.8, 4) is 0 Å². The van der Waals surface area contributed by atoms with Crippen LogP contribution in [0.15, 0.2) is 6.07 Å². The van der Waals surface area contributed by atoms with E-state index in [1.165, 1.54) is 0 Å². The first-order valence-electron chi connectivity index (χ1n) is 3.24. The number of halogens is 1. The molecule has 4 heteroatoms. The fraction of sp³-hybridized carbons (Fsp3) is 0.429. The van der Waals surface area contributed by atoms with Gasteiger partial charge in [0.2, 0.25) is 0 Å². The molecule has 0 bridgehead atoms. The standard InChI is InChI=1S/C7H10ClNOS/c1-5-7(8)3-6(11-5)4-9(2)10/h3,10H,4H2,1-2H3. The summed E-state index contributed by atoms with van der Waals surface area (Å²) in [5.41, 5.74) is 0. The molecule has 0 aliphatic heterocycles. The summed E-state index contributed by atoms with van der Waals surface area (Å²) in [7, 11) is 1.61. The van der Waals surface area contributed by atoms with Crippen LogP contribution in [0.5, 0.6) is 0 Å². The van der Waals surface area contributed by atoms with Crippen LogP contribution in [0.4, 0.5) is 0 Å². The van der Waals surface area contributed by atoms with Crippen molar-refractivity contribution in [1.82, 2.24) is 5.06 Å². The van der Waals surface area contributed by atoms with Crippen LogP contribution in [0.1, 0.15) is 9.75 Å². The van der Waals surface area contributed by atoms with E-state index < -0.39 is 0 Å². The van der Waals surface area contributed by atoms with Gasteiger partial charge in [-0.05, 0) is 13.0 Å². The zero-order valence-electron chi connectivity index (χ0n) is 6.47. The maximum atomic E-state index is 8.90. The Labute approximate surface area is 75.0 Å². The van der Waals surface area contributed by atoms with Gasteiger partial charge in [0, 0.05) is 16.8 Å². The highest BCUT2D eigenvalue weighted by Crippen LogP contribution is 2.26. The first kappa shape index (κ1) is 9.00. The molecular weight excluding hydrogens is 182 g/mol. The van der Waals surface area contributed by atoms with Crippen molar-refractivity contribution < 1.29 is 5.21 Å². The predicted octanol–water partition coefficient (Wildman–Crippen LogP) is 2.53. The summed E-state index contributed by atoms with van der Waals surface area (Å²) < 4.78 is 0. The summed E-state index contributed by atoms with van der Waals surface area (Å²) in [4.78, 5) is 2.18. The molecule has 1 aromatic rings. The number of hydrogen-bond acceptors (Lipinski definition) is 3. The molecule has 0 atom stereocenters. The normalized spacial score (nSPS) is 11.0. The first-order valence-corrected chi connectivity index (χ1v) is 4.44. The molecule has 11 heavy (non-hydrogen) atoms. The first-order chi connectivity index (χ1) is 5.09. The average molecular weight is 192 g/mol. The van der Waals surface area contributed by atoms with Gasteiger partial charge < -0.3 is 5.21 Å². The van der Waals surface area contributed by atoms with Crippen molar-refractivity contribution >= 4 is 22.9 Å². The molecule has 0 aliphatic carbocycles. The second-order valence-electron chi connectivity index (χ2n) is 2.43. The molecule has 2 nitrogen and oxygen atoms in total. The van der Waals surface area contributed by atoms with Gasteiger partial charge in [0.25, 0.3) is 0 Å². The molecule has 1 rings (SSSR count). The lowest BCUT2D eigenvalue weighted by Crippen LogP contribution is -2.10. The maximum absolute atomic E-state index is 8.90. The molecule has 0 saturated heterocycles. The molecular formula is C7H10ClNOS. The Bertz CT molecular complexity index is 227. The number of nitrogens with zero attached hydrogens (tertiary/aromatic N) is 1. The molecule has 62 valence electrons. The van der Waals surface area contributed by atoms with Gasteiger partial charge in [0.1, 0.15) is 0 Å². The van der Waals surface area contributed by atoms with E-state index in [1.807, 2.05) is 13.0 Å². The van der Waals surface area contributed by atoms with E-state index in [-0.39, 0.29) is 0 Å². The Morgan fingerprint density at radius 1 is 1.73 bits per heavy atom. The van der Waals surface area contributed by atoms with Crippen LogP contribution in [0.3, 0.4) is 0 Å². The number of aryl methyl sites for hydroxylation is 1. The monoisotopic (exact) mass is 191 g/mol.